The van der Waals surface area contributed by atoms with Crippen LogP contribution in [0, 0.1) is 0 Å². The number of anilines is 1. The predicted octanol–water partition coefficient (Wildman–Crippen LogP) is 6.60. The number of aromatic carboxylic acids is 1. The van der Waals surface area contributed by atoms with E-state index in [0.29, 0.717) is 11.6 Å². The molecule has 1 aromatic heterocycles. The number of carboxylic acids is 1. The molecule has 0 spiro atoms. The van der Waals surface area contributed by atoms with Crippen molar-refractivity contribution < 1.29 is 14.7 Å². The van der Waals surface area contributed by atoms with E-state index in [9.17, 15) is 14.7 Å². The van der Waals surface area contributed by atoms with Gasteiger partial charge in [-0.25, -0.2) is 9.78 Å². The molecule has 4 rings (SSSR count). The number of aromatic amines is 1. The minimum atomic E-state index is -1.09. The van der Waals surface area contributed by atoms with Crippen molar-refractivity contribution in [1.82, 2.24) is 9.97 Å². The molecule has 0 fully saturated rings. The van der Waals surface area contributed by atoms with Crippen LogP contribution in [0.2, 0.25) is 5.02 Å². The molecule has 6 nitrogen and oxygen atoms in total. The van der Waals surface area contributed by atoms with Crippen molar-refractivity contribution in [2.75, 3.05) is 5.32 Å². The van der Waals surface area contributed by atoms with Crippen molar-refractivity contribution >= 4 is 40.9 Å². The minimum absolute atomic E-state index is 0.0476. The average molecular weight is 492 g/mol. The number of H-pyrrole nitrogens is 1. The summed E-state index contributed by atoms with van der Waals surface area (Å²) < 4.78 is 0. The Morgan fingerprint density at radius 2 is 1.68 bits per heavy atom. The highest BCUT2D eigenvalue weighted by Gasteiger charge is 2.23. The Bertz CT molecular complexity index is 1250. The Kier molecular flexibility index (Phi) is 7.35. The molecule has 0 bridgehead atoms. The Morgan fingerprint density at radius 1 is 1.03 bits per heavy atom. The lowest BCUT2D eigenvalue weighted by atomic mass is 10.1. The standard InChI is InChI=1S/C26H22ClN3O3S/c1-2-21(24(31)28-20-15-18(25(32)33)13-14-19(20)27)34-26-29-22(16-9-5-3-6-10-16)23(30-26)17-11-7-4-8-12-17/h3-15,21H,2H2,1H3,(H,28,31)(H,29,30)(H,32,33). The smallest absolute Gasteiger partial charge is 0.335 e. The van der Waals surface area contributed by atoms with Gasteiger partial charge in [-0.3, -0.25) is 4.79 Å². The molecule has 0 saturated carbocycles. The van der Waals surface area contributed by atoms with Crippen molar-refractivity contribution in [2.24, 2.45) is 0 Å². The maximum atomic E-state index is 13.0. The molecule has 1 unspecified atom stereocenters. The molecule has 0 aliphatic rings. The number of carboxylic acid groups (broad SMARTS) is 1. The van der Waals surface area contributed by atoms with E-state index >= 15 is 0 Å². The van der Waals surface area contributed by atoms with Crippen LogP contribution in [0.1, 0.15) is 23.7 Å². The van der Waals surface area contributed by atoms with Crippen LogP contribution in [-0.4, -0.2) is 32.2 Å². The SMILES string of the molecule is CCC(Sc1nc(-c2ccccc2)c(-c2ccccc2)[nH]1)C(=O)Nc1cc(C(=O)O)ccc1Cl. The predicted molar refractivity (Wildman–Crippen MR) is 136 cm³/mol. The summed E-state index contributed by atoms with van der Waals surface area (Å²) in [6.07, 6.45) is 0.536. The summed E-state index contributed by atoms with van der Waals surface area (Å²) >= 11 is 7.50. The fourth-order valence-corrected chi connectivity index (χ4v) is 4.52. The monoisotopic (exact) mass is 491 g/mol. The number of hydrogen-bond acceptors (Lipinski definition) is 4. The first-order valence-electron chi connectivity index (χ1n) is 10.7. The Labute approximate surface area is 206 Å². The molecule has 3 N–H and O–H groups in total. The van der Waals surface area contributed by atoms with Gasteiger partial charge in [0, 0.05) is 11.1 Å². The number of hydrogen-bond donors (Lipinski definition) is 3. The first-order chi connectivity index (χ1) is 16.5. The van der Waals surface area contributed by atoms with Crippen LogP contribution in [0.15, 0.2) is 84.0 Å². The van der Waals surface area contributed by atoms with E-state index in [2.05, 4.69) is 10.3 Å². The van der Waals surface area contributed by atoms with Gasteiger partial charge < -0.3 is 15.4 Å². The molecule has 1 heterocycles. The molecule has 0 radical (unpaired) electrons. The van der Waals surface area contributed by atoms with E-state index in [0.717, 1.165) is 22.5 Å². The van der Waals surface area contributed by atoms with Crippen molar-refractivity contribution in [2.45, 2.75) is 23.8 Å². The summed E-state index contributed by atoms with van der Waals surface area (Å²) in [6.45, 7) is 1.91. The molecule has 0 aliphatic heterocycles. The van der Waals surface area contributed by atoms with Gasteiger partial charge in [-0.1, -0.05) is 91.0 Å². The van der Waals surface area contributed by atoms with Gasteiger partial charge in [-0.05, 0) is 24.6 Å². The molecule has 1 amide bonds. The third-order valence-electron chi connectivity index (χ3n) is 5.18. The second-order valence-corrected chi connectivity index (χ2v) is 9.10. The van der Waals surface area contributed by atoms with E-state index in [1.165, 1.54) is 30.0 Å². The number of thioether (sulfide) groups is 1. The van der Waals surface area contributed by atoms with Gasteiger partial charge in [0.2, 0.25) is 5.91 Å². The van der Waals surface area contributed by atoms with E-state index in [4.69, 9.17) is 16.6 Å². The quantitative estimate of drug-likeness (QED) is 0.241. The molecular weight excluding hydrogens is 470 g/mol. The second kappa shape index (κ2) is 10.6. The average Bonchev–Trinajstić information content (AvgIpc) is 3.28. The van der Waals surface area contributed by atoms with Crippen molar-refractivity contribution in [3.05, 3.63) is 89.4 Å². The van der Waals surface area contributed by atoms with Crippen molar-refractivity contribution in [3.63, 3.8) is 0 Å². The van der Waals surface area contributed by atoms with Crippen LogP contribution >= 0.6 is 23.4 Å². The molecule has 4 aromatic rings. The van der Waals surface area contributed by atoms with E-state index < -0.39 is 11.2 Å². The number of nitrogens with zero attached hydrogens (tertiary/aromatic N) is 1. The number of nitrogens with one attached hydrogen (secondary N) is 2. The second-order valence-electron chi connectivity index (χ2n) is 7.50. The zero-order valence-electron chi connectivity index (χ0n) is 18.3. The summed E-state index contributed by atoms with van der Waals surface area (Å²) in [5, 5.41) is 12.4. The molecular formula is C26H22ClN3O3S. The fraction of sp³-hybridized carbons (Fsp3) is 0.115. The summed E-state index contributed by atoms with van der Waals surface area (Å²) in [5.41, 5.74) is 3.96. The minimum Gasteiger partial charge on any atom is -0.478 e. The molecule has 34 heavy (non-hydrogen) atoms. The Morgan fingerprint density at radius 3 is 2.29 bits per heavy atom. The van der Waals surface area contributed by atoms with Crippen molar-refractivity contribution in [3.8, 4) is 22.5 Å². The maximum absolute atomic E-state index is 13.0. The lowest BCUT2D eigenvalue weighted by molar-refractivity contribution is -0.115. The number of benzene rings is 3. The van der Waals surface area contributed by atoms with Crippen LogP contribution in [0.25, 0.3) is 22.5 Å². The molecule has 0 saturated heterocycles. The van der Waals surface area contributed by atoms with Crippen molar-refractivity contribution in [1.29, 1.82) is 0 Å². The first kappa shape index (κ1) is 23.6. The lowest BCUT2D eigenvalue weighted by Gasteiger charge is -2.14. The topological polar surface area (TPSA) is 95.1 Å². The van der Waals surface area contributed by atoms with Crippen LogP contribution in [-0.2, 0) is 4.79 Å². The lowest BCUT2D eigenvalue weighted by Crippen LogP contribution is -2.25. The zero-order chi connectivity index (χ0) is 24.1. The van der Waals surface area contributed by atoms with Gasteiger partial charge in [0.05, 0.1) is 32.9 Å². The molecule has 3 aromatic carbocycles. The van der Waals surface area contributed by atoms with E-state index in [-0.39, 0.29) is 22.2 Å². The molecule has 8 heteroatoms. The van der Waals surface area contributed by atoms with E-state index in [1.807, 2.05) is 67.6 Å². The van der Waals surface area contributed by atoms with Crippen LogP contribution in [0.4, 0.5) is 5.69 Å². The Balaban J connectivity index is 1.61. The van der Waals surface area contributed by atoms with Crippen LogP contribution < -0.4 is 5.32 Å². The fourth-order valence-electron chi connectivity index (χ4n) is 3.45. The van der Waals surface area contributed by atoms with E-state index in [1.54, 1.807) is 0 Å². The number of imidazole rings is 1. The van der Waals surface area contributed by atoms with Gasteiger partial charge in [-0.15, -0.1) is 0 Å². The first-order valence-corrected chi connectivity index (χ1v) is 11.9. The van der Waals surface area contributed by atoms with Gasteiger partial charge in [0.15, 0.2) is 5.16 Å². The number of rotatable bonds is 8. The highest BCUT2D eigenvalue weighted by atomic mass is 35.5. The molecule has 1 atom stereocenters. The van der Waals surface area contributed by atoms with Gasteiger partial charge in [0.25, 0.3) is 0 Å². The number of halogens is 1. The normalized spacial score (nSPS) is 11.7. The summed E-state index contributed by atoms with van der Waals surface area (Å²) in [7, 11) is 0. The van der Waals surface area contributed by atoms with Crippen LogP contribution in [0.5, 0.6) is 0 Å². The third-order valence-corrected chi connectivity index (χ3v) is 6.76. The highest BCUT2D eigenvalue weighted by Crippen LogP contribution is 2.35. The highest BCUT2D eigenvalue weighted by molar-refractivity contribution is 8.00. The van der Waals surface area contributed by atoms with Crippen LogP contribution in [0.3, 0.4) is 0 Å². The van der Waals surface area contributed by atoms with Gasteiger partial charge in [0.1, 0.15) is 0 Å². The summed E-state index contributed by atoms with van der Waals surface area (Å²) in [5.74, 6) is -1.37. The van der Waals surface area contributed by atoms with Gasteiger partial charge in [-0.2, -0.15) is 0 Å². The number of carbonyl (C=O) groups excluding carboxylic acids is 1. The summed E-state index contributed by atoms with van der Waals surface area (Å²) in [6, 6.07) is 24.0. The largest absolute Gasteiger partial charge is 0.478 e. The maximum Gasteiger partial charge on any atom is 0.335 e. The molecule has 0 aliphatic carbocycles. The Hall–Kier alpha value is -3.55. The van der Waals surface area contributed by atoms with Gasteiger partial charge >= 0.3 is 5.97 Å². The number of amides is 1. The number of aromatic nitrogens is 2. The third kappa shape index (κ3) is 5.32. The number of carbonyl (C=O) groups is 2. The zero-order valence-corrected chi connectivity index (χ0v) is 19.9. The summed E-state index contributed by atoms with van der Waals surface area (Å²) in [4.78, 5) is 32.5. The molecule has 172 valence electrons.